The monoisotopic (exact) mass is 443 g/mol. The molecule has 0 spiro atoms. The van der Waals surface area contributed by atoms with Crippen molar-refractivity contribution in [1.82, 2.24) is 24.3 Å². The number of fused-ring (bicyclic) bond motifs is 1. The molecule has 1 fully saturated rings. The summed E-state index contributed by atoms with van der Waals surface area (Å²) in [6.07, 6.45) is 11.2. The fourth-order valence-corrected chi connectivity index (χ4v) is 4.40. The van der Waals surface area contributed by atoms with Crippen LogP contribution in [-0.4, -0.2) is 47.6 Å². The first-order valence-corrected chi connectivity index (χ1v) is 10.7. The molecule has 0 saturated carbocycles. The van der Waals surface area contributed by atoms with Crippen LogP contribution >= 0.6 is 0 Å². The maximum atomic E-state index is 13.2. The largest absolute Gasteiger partial charge is 0.505 e. The van der Waals surface area contributed by atoms with Crippen molar-refractivity contribution in [3.05, 3.63) is 90.2 Å². The van der Waals surface area contributed by atoms with Crippen molar-refractivity contribution in [3.63, 3.8) is 0 Å². The summed E-state index contributed by atoms with van der Waals surface area (Å²) in [5, 5.41) is 11.4. The maximum Gasteiger partial charge on any atom is 0.295 e. The highest BCUT2D eigenvalue weighted by molar-refractivity contribution is 6.46. The van der Waals surface area contributed by atoms with Gasteiger partial charge in [-0.15, -0.1) is 0 Å². The number of nitrogens with zero attached hydrogens (tertiary/aromatic N) is 5. The average molecular weight is 443 g/mol. The van der Waals surface area contributed by atoms with Gasteiger partial charge in [0.25, 0.3) is 11.7 Å². The van der Waals surface area contributed by atoms with Crippen molar-refractivity contribution in [2.75, 3.05) is 6.54 Å². The van der Waals surface area contributed by atoms with Crippen LogP contribution in [0.4, 0.5) is 0 Å². The van der Waals surface area contributed by atoms with Gasteiger partial charge in [-0.2, -0.15) is 0 Å². The summed E-state index contributed by atoms with van der Waals surface area (Å²) in [5.74, 6) is -1.57. The molecule has 1 unspecified atom stereocenters. The Kier molecular flexibility index (Phi) is 5.21. The maximum absolute atomic E-state index is 13.2. The fraction of sp³-hybridized carbons (Fsp3) is 0.208. The van der Waals surface area contributed by atoms with Gasteiger partial charge >= 0.3 is 0 Å². The van der Waals surface area contributed by atoms with Crippen molar-refractivity contribution in [1.29, 1.82) is 0 Å². The lowest BCUT2D eigenvalue weighted by Crippen LogP contribution is -2.36. The second-order valence-corrected chi connectivity index (χ2v) is 7.96. The number of ketones is 1. The number of rotatable bonds is 6. The van der Waals surface area contributed by atoms with Crippen LogP contribution in [-0.2, 0) is 16.1 Å². The number of likely N-dealkylation sites (tertiary alicyclic amines) is 1. The number of nitrogens with one attached hydrogen (secondary N) is 1. The molecule has 4 aromatic rings. The number of hydrogen-bond donors (Lipinski definition) is 2. The zero-order valence-electron chi connectivity index (χ0n) is 18.0. The van der Waals surface area contributed by atoms with Crippen molar-refractivity contribution >= 4 is 23.1 Å². The highest BCUT2D eigenvalue weighted by atomic mass is 16.3. The lowest BCUT2D eigenvalue weighted by atomic mass is 9.97. The molecule has 1 amide bonds. The number of pyridine rings is 2. The summed E-state index contributed by atoms with van der Waals surface area (Å²) in [4.78, 5) is 39.5. The SMILES string of the molecule is Cc1nc2ccccn2c1C(O)=C1C(=O)C(=O)N(CCC[n+]2cc[nH]c2)C1c1cccnc1. The Labute approximate surface area is 189 Å². The van der Waals surface area contributed by atoms with Gasteiger partial charge in [-0.05, 0) is 30.7 Å². The van der Waals surface area contributed by atoms with Crippen molar-refractivity contribution in [3.8, 4) is 0 Å². The van der Waals surface area contributed by atoms with Gasteiger partial charge in [-0.25, -0.2) is 9.55 Å². The summed E-state index contributed by atoms with van der Waals surface area (Å²) in [5.41, 5.74) is 2.33. The van der Waals surface area contributed by atoms with E-state index in [0.29, 0.717) is 42.1 Å². The Morgan fingerprint density at radius 1 is 1.24 bits per heavy atom. The van der Waals surface area contributed by atoms with E-state index in [1.807, 2.05) is 47.6 Å². The Morgan fingerprint density at radius 2 is 2.12 bits per heavy atom. The molecule has 166 valence electrons. The number of amides is 1. The van der Waals surface area contributed by atoms with Crippen LogP contribution in [0, 0.1) is 6.92 Å². The lowest BCUT2D eigenvalue weighted by Gasteiger charge is -2.24. The zero-order valence-corrected chi connectivity index (χ0v) is 18.0. The van der Waals surface area contributed by atoms with Gasteiger partial charge in [0, 0.05) is 31.6 Å². The summed E-state index contributed by atoms with van der Waals surface area (Å²) in [6.45, 7) is 2.80. The average Bonchev–Trinajstić information content (AvgIpc) is 3.52. The summed E-state index contributed by atoms with van der Waals surface area (Å²) in [7, 11) is 0. The summed E-state index contributed by atoms with van der Waals surface area (Å²) >= 11 is 0. The van der Waals surface area contributed by atoms with Crippen LogP contribution in [0.25, 0.3) is 11.4 Å². The molecule has 0 radical (unpaired) electrons. The number of hydrogen-bond acceptors (Lipinski definition) is 5. The number of Topliss-reactive ketones (excluding diaryl/α,β-unsaturated/α-hetero) is 1. The van der Waals surface area contributed by atoms with Crippen LogP contribution in [0.5, 0.6) is 0 Å². The van der Waals surface area contributed by atoms with E-state index in [-0.39, 0.29) is 11.3 Å². The number of aryl methyl sites for hydroxylation is 2. The van der Waals surface area contributed by atoms with E-state index in [0.717, 1.165) is 0 Å². The molecule has 1 aliphatic rings. The predicted octanol–water partition coefficient (Wildman–Crippen LogP) is 2.17. The van der Waals surface area contributed by atoms with E-state index in [1.165, 1.54) is 4.90 Å². The molecule has 0 aromatic carbocycles. The van der Waals surface area contributed by atoms with Gasteiger partial charge in [0.05, 0.1) is 23.9 Å². The lowest BCUT2D eigenvalue weighted by molar-refractivity contribution is -0.695. The van der Waals surface area contributed by atoms with Crippen LogP contribution in [0.3, 0.4) is 0 Å². The third kappa shape index (κ3) is 3.57. The molecule has 5 rings (SSSR count). The van der Waals surface area contributed by atoms with Gasteiger partial charge < -0.3 is 10.0 Å². The minimum Gasteiger partial charge on any atom is -0.505 e. The number of aliphatic hydroxyl groups is 1. The molecule has 1 atom stereocenters. The molecule has 4 aromatic heterocycles. The number of imidazole rings is 2. The highest BCUT2D eigenvalue weighted by Gasteiger charge is 2.46. The number of carbonyl (C=O) groups excluding carboxylic acids is 2. The quantitative estimate of drug-likeness (QED) is 0.206. The molecule has 5 heterocycles. The standard InChI is InChI=1S/C24H22N6O3/c1-16-20(29-11-3-2-7-18(29)27-16)22(31)19-21(17-6-4-8-25-14-17)30(24(33)23(19)32)12-5-10-28-13-9-26-15-28/h2-4,6-9,11,13-15,21H,5,10,12H2,1H3,(H,31,32)/p+1. The van der Waals surface area contributed by atoms with Crippen LogP contribution in [0.15, 0.2) is 73.2 Å². The van der Waals surface area contributed by atoms with Crippen LogP contribution < -0.4 is 4.57 Å². The predicted molar refractivity (Wildman–Crippen MR) is 119 cm³/mol. The smallest absolute Gasteiger partial charge is 0.295 e. The second kappa shape index (κ2) is 8.34. The molecule has 1 aliphatic heterocycles. The van der Waals surface area contributed by atoms with Gasteiger partial charge in [0.15, 0.2) is 5.76 Å². The molecule has 9 nitrogen and oxygen atoms in total. The van der Waals surface area contributed by atoms with E-state index in [9.17, 15) is 14.7 Å². The molecule has 1 saturated heterocycles. The number of H-pyrrole nitrogens is 1. The van der Waals surface area contributed by atoms with Gasteiger partial charge in [0.1, 0.15) is 23.7 Å². The van der Waals surface area contributed by atoms with E-state index in [1.54, 1.807) is 36.0 Å². The minimum atomic E-state index is -0.733. The van der Waals surface area contributed by atoms with E-state index < -0.39 is 17.7 Å². The van der Waals surface area contributed by atoms with Crippen LogP contribution in [0.1, 0.15) is 29.4 Å². The van der Waals surface area contributed by atoms with Crippen molar-refractivity contribution in [2.45, 2.75) is 25.9 Å². The molecular formula is C24H23N6O3+. The second-order valence-electron chi connectivity index (χ2n) is 7.96. The molecular weight excluding hydrogens is 420 g/mol. The van der Waals surface area contributed by atoms with Gasteiger partial charge in [0.2, 0.25) is 6.33 Å². The molecule has 0 aliphatic carbocycles. The van der Waals surface area contributed by atoms with E-state index in [4.69, 9.17) is 0 Å². The van der Waals surface area contributed by atoms with Crippen LogP contribution in [0.2, 0.25) is 0 Å². The van der Waals surface area contributed by atoms with Gasteiger partial charge in [-0.3, -0.25) is 24.0 Å². The summed E-state index contributed by atoms with van der Waals surface area (Å²) < 4.78 is 3.69. The third-order valence-corrected chi connectivity index (χ3v) is 5.89. The Balaban J connectivity index is 1.59. The molecule has 2 N–H and O–H groups in total. The molecule has 9 heteroatoms. The number of carbonyl (C=O) groups is 2. The molecule has 0 bridgehead atoms. The van der Waals surface area contributed by atoms with E-state index >= 15 is 0 Å². The Hall–Kier alpha value is -4.27. The van der Waals surface area contributed by atoms with Crippen molar-refractivity contribution in [2.24, 2.45) is 0 Å². The first kappa shape index (κ1) is 20.6. The topological polar surface area (TPSA) is 107 Å². The Morgan fingerprint density at radius 3 is 2.88 bits per heavy atom. The zero-order chi connectivity index (χ0) is 22.9. The summed E-state index contributed by atoms with van der Waals surface area (Å²) in [6, 6.07) is 8.32. The fourth-order valence-electron chi connectivity index (χ4n) is 4.40. The highest BCUT2D eigenvalue weighted by Crippen LogP contribution is 2.39. The number of aromatic amines is 1. The number of aliphatic hydroxyl groups excluding tert-OH is 1. The first-order valence-electron chi connectivity index (χ1n) is 10.7. The Bertz CT molecular complexity index is 1360. The third-order valence-electron chi connectivity index (χ3n) is 5.89. The minimum absolute atomic E-state index is 0.0519. The first-order chi connectivity index (χ1) is 16.1. The van der Waals surface area contributed by atoms with Crippen molar-refractivity contribution < 1.29 is 19.3 Å². The number of aromatic nitrogens is 5. The van der Waals surface area contributed by atoms with Gasteiger partial charge in [-0.1, -0.05) is 12.1 Å². The molecule has 33 heavy (non-hydrogen) atoms. The normalized spacial score (nSPS) is 17.8. The van der Waals surface area contributed by atoms with E-state index in [2.05, 4.69) is 15.0 Å².